The second-order valence-electron chi connectivity index (χ2n) is 3.80. The van der Waals surface area contributed by atoms with Gasteiger partial charge in [-0.2, -0.15) is 0 Å². The molecule has 2 unspecified atom stereocenters. The number of hydrogen-bond acceptors (Lipinski definition) is 4. The Morgan fingerprint density at radius 1 is 1.60 bits per heavy atom. The molecule has 0 spiro atoms. The van der Waals surface area contributed by atoms with Crippen LogP contribution in [0.5, 0.6) is 0 Å². The molecule has 1 aliphatic heterocycles. The lowest BCUT2D eigenvalue weighted by Crippen LogP contribution is -2.41. The van der Waals surface area contributed by atoms with Crippen molar-refractivity contribution >= 4 is 0 Å². The van der Waals surface area contributed by atoms with Crippen LogP contribution >= 0.6 is 0 Å². The summed E-state index contributed by atoms with van der Waals surface area (Å²) in [5.41, 5.74) is 6.01. The van der Waals surface area contributed by atoms with Gasteiger partial charge in [0.25, 0.3) is 0 Å². The van der Waals surface area contributed by atoms with Crippen LogP contribution in [0.1, 0.15) is 25.2 Å². The fourth-order valence-corrected chi connectivity index (χ4v) is 1.55. The largest absolute Gasteiger partial charge is 0.467 e. The predicted molar refractivity (Wildman–Crippen MR) is 55.4 cm³/mol. The molecule has 0 radical (unpaired) electrons. The van der Waals surface area contributed by atoms with Gasteiger partial charge in [-0.15, -0.1) is 0 Å². The van der Waals surface area contributed by atoms with E-state index in [1.165, 1.54) is 0 Å². The van der Waals surface area contributed by atoms with Gasteiger partial charge in [0, 0.05) is 6.04 Å². The Morgan fingerprint density at radius 2 is 2.40 bits per heavy atom. The van der Waals surface area contributed by atoms with Crippen molar-refractivity contribution in [3.05, 3.63) is 24.2 Å². The van der Waals surface area contributed by atoms with Crippen molar-refractivity contribution in [2.24, 2.45) is 5.73 Å². The second-order valence-corrected chi connectivity index (χ2v) is 3.80. The summed E-state index contributed by atoms with van der Waals surface area (Å²) in [6.07, 6.45) is 2.51. The predicted octanol–water partition coefficient (Wildman–Crippen LogP) is 1.47. The minimum Gasteiger partial charge on any atom is -0.467 e. The van der Waals surface area contributed by atoms with Crippen molar-refractivity contribution in [2.75, 3.05) is 13.2 Å². The summed E-state index contributed by atoms with van der Waals surface area (Å²) in [6.45, 7) is 3.36. The third-order valence-corrected chi connectivity index (χ3v) is 2.63. The van der Waals surface area contributed by atoms with Crippen LogP contribution < -0.4 is 5.73 Å². The first kappa shape index (κ1) is 10.7. The van der Waals surface area contributed by atoms with Gasteiger partial charge in [0.15, 0.2) is 0 Å². The fourth-order valence-electron chi connectivity index (χ4n) is 1.55. The van der Waals surface area contributed by atoms with Crippen LogP contribution in [-0.4, -0.2) is 25.4 Å². The van der Waals surface area contributed by atoms with Crippen molar-refractivity contribution in [1.82, 2.24) is 0 Å². The van der Waals surface area contributed by atoms with Crippen molar-refractivity contribution in [3.8, 4) is 0 Å². The van der Waals surface area contributed by atoms with E-state index in [-0.39, 0.29) is 18.2 Å². The standard InChI is InChI=1S/C11H17NO3/c1-2-9(12)11(10-4-3-5-14-10)15-8-6-13-7-8/h3-5,8-9,11H,2,6-7,12H2,1H3. The molecule has 1 fully saturated rings. The number of ether oxygens (including phenoxy) is 2. The Labute approximate surface area is 89.3 Å². The van der Waals surface area contributed by atoms with Crippen molar-refractivity contribution in [1.29, 1.82) is 0 Å². The number of furan rings is 1. The molecule has 2 rings (SSSR count). The first-order valence-electron chi connectivity index (χ1n) is 5.33. The molecule has 1 saturated heterocycles. The van der Waals surface area contributed by atoms with Crippen LogP contribution in [0, 0.1) is 0 Å². The average Bonchev–Trinajstić information content (AvgIpc) is 2.68. The van der Waals surface area contributed by atoms with Crippen LogP contribution in [0.2, 0.25) is 0 Å². The summed E-state index contributed by atoms with van der Waals surface area (Å²) >= 11 is 0. The number of hydrogen-bond donors (Lipinski definition) is 1. The van der Waals surface area contributed by atoms with E-state index in [1.807, 2.05) is 19.1 Å². The van der Waals surface area contributed by atoms with E-state index in [2.05, 4.69) is 0 Å². The van der Waals surface area contributed by atoms with Gasteiger partial charge in [-0.05, 0) is 18.6 Å². The van der Waals surface area contributed by atoms with E-state index in [1.54, 1.807) is 6.26 Å². The lowest BCUT2D eigenvalue weighted by Gasteiger charge is -2.32. The molecule has 1 aromatic heterocycles. The minimum atomic E-state index is -0.154. The lowest BCUT2D eigenvalue weighted by atomic mass is 10.1. The first-order chi connectivity index (χ1) is 7.31. The summed E-state index contributed by atoms with van der Waals surface area (Å²) in [6, 6.07) is 3.72. The SMILES string of the molecule is CCC(N)C(OC1COC1)c1ccco1. The summed E-state index contributed by atoms with van der Waals surface area (Å²) < 4.78 is 16.3. The molecule has 4 heteroatoms. The van der Waals surface area contributed by atoms with E-state index in [9.17, 15) is 0 Å². The van der Waals surface area contributed by atoms with Crippen molar-refractivity contribution in [2.45, 2.75) is 31.6 Å². The smallest absolute Gasteiger partial charge is 0.134 e. The average molecular weight is 211 g/mol. The molecule has 0 aliphatic carbocycles. The molecular weight excluding hydrogens is 194 g/mol. The molecule has 0 amide bonds. The van der Waals surface area contributed by atoms with Crippen LogP contribution in [0.4, 0.5) is 0 Å². The molecule has 0 aromatic carbocycles. The Hall–Kier alpha value is -0.840. The molecule has 2 N–H and O–H groups in total. The van der Waals surface area contributed by atoms with Crippen LogP contribution in [0.25, 0.3) is 0 Å². The highest BCUT2D eigenvalue weighted by atomic mass is 16.6. The molecule has 2 heterocycles. The highest BCUT2D eigenvalue weighted by Crippen LogP contribution is 2.25. The Bertz CT molecular complexity index is 282. The Morgan fingerprint density at radius 3 is 2.87 bits per heavy atom. The molecule has 1 aromatic rings. The first-order valence-corrected chi connectivity index (χ1v) is 5.33. The highest BCUT2D eigenvalue weighted by molar-refractivity contribution is 5.05. The van der Waals surface area contributed by atoms with Crippen molar-refractivity contribution in [3.63, 3.8) is 0 Å². The minimum absolute atomic E-state index is 0.0308. The van der Waals surface area contributed by atoms with Gasteiger partial charge in [-0.3, -0.25) is 0 Å². The normalized spacial score (nSPS) is 20.9. The van der Waals surface area contributed by atoms with E-state index >= 15 is 0 Å². The highest BCUT2D eigenvalue weighted by Gasteiger charge is 2.29. The zero-order valence-corrected chi connectivity index (χ0v) is 8.89. The Kier molecular flexibility index (Phi) is 3.41. The third-order valence-electron chi connectivity index (χ3n) is 2.63. The molecule has 84 valence electrons. The van der Waals surface area contributed by atoms with Crippen LogP contribution in [0.15, 0.2) is 22.8 Å². The van der Waals surface area contributed by atoms with E-state index < -0.39 is 0 Å². The fraction of sp³-hybridized carbons (Fsp3) is 0.636. The molecule has 2 atom stereocenters. The van der Waals surface area contributed by atoms with Crippen LogP contribution in [-0.2, 0) is 9.47 Å². The van der Waals surface area contributed by atoms with Gasteiger partial charge in [-0.25, -0.2) is 0 Å². The van der Waals surface area contributed by atoms with E-state index in [0.717, 1.165) is 12.2 Å². The van der Waals surface area contributed by atoms with Gasteiger partial charge in [0.1, 0.15) is 18.0 Å². The topological polar surface area (TPSA) is 57.6 Å². The number of rotatable bonds is 5. The van der Waals surface area contributed by atoms with Gasteiger partial charge < -0.3 is 19.6 Å². The third kappa shape index (κ3) is 2.40. The second kappa shape index (κ2) is 4.79. The number of nitrogens with two attached hydrogens (primary N) is 1. The lowest BCUT2D eigenvalue weighted by molar-refractivity contribution is -0.164. The summed E-state index contributed by atoms with van der Waals surface area (Å²) in [5.74, 6) is 0.802. The van der Waals surface area contributed by atoms with Gasteiger partial charge in [-0.1, -0.05) is 6.92 Å². The molecule has 0 saturated carbocycles. The molecule has 1 aliphatic rings. The zero-order valence-electron chi connectivity index (χ0n) is 8.89. The molecular formula is C11H17NO3. The van der Waals surface area contributed by atoms with E-state index in [0.29, 0.717) is 13.2 Å². The molecule has 15 heavy (non-hydrogen) atoms. The molecule has 4 nitrogen and oxygen atoms in total. The van der Waals surface area contributed by atoms with Gasteiger partial charge in [0.2, 0.25) is 0 Å². The maximum atomic E-state index is 6.01. The van der Waals surface area contributed by atoms with Crippen molar-refractivity contribution < 1.29 is 13.9 Å². The Balaban J connectivity index is 2.01. The quantitative estimate of drug-likeness (QED) is 0.801. The zero-order chi connectivity index (χ0) is 10.7. The summed E-state index contributed by atoms with van der Waals surface area (Å²) in [5, 5.41) is 0. The summed E-state index contributed by atoms with van der Waals surface area (Å²) in [4.78, 5) is 0. The summed E-state index contributed by atoms with van der Waals surface area (Å²) in [7, 11) is 0. The maximum absolute atomic E-state index is 6.01. The van der Waals surface area contributed by atoms with E-state index in [4.69, 9.17) is 19.6 Å². The van der Waals surface area contributed by atoms with Crippen LogP contribution in [0.3, 0.4) is 0 Å². The van der Waals surface area contributed by atoms with Gasteiger partial charge in [0.05, 0.1) is 19.5 Å². The monoisotopic (exact) mass is 211 g/mol. The van der Waals surface area contributed by atoms with Gasteiger partial charge >= 0.3 is 0 Å². The molecule has 0 bridgehead atoms. The maximum Gasteiger partial charge on any atom is 0.134 e.